The summed E-state index contributed by atoms with van der Waals surface area (Å²) in [6.45, 7) is 1.71. The van der Waals surface area contributed by atoms with Crippen LogP contribution < -0.4 is 5.32 Å². The standard InChI is InChI=1S/C10H13F2N3/c11-10(12)3-6(4-10)9-7-5-13-2-1-8(7)14-15-9/h6,13H,1-5H2,(H,14,15). The van der Waals surface area contributed by atoms with E-state index in [1.807, 2.05) is 0 Å². The topological polar surface area (TPSA) is 40.7 Å². The molecule has 3 rings (SSSR count). The van der Waals surface area contributed by atoms with Crippen molar-refractivity contribution in [3.8, 4) is 0 Å². The highest BCUT2D eigenvalue weighted by molar-refractivity contribution is 5.32. The SMILES string of the molecule is FC1(F)CC(c2n[nH]c3c2CNCC3)C1. The number of fused-ring (bicyclic) bond motifs is 1. The molecule has 2 heterocycles. The molecule has 1 aromatic rings. The van der Waals surface area contributed by atoms with Gasteiger partial charge in [-0.3, -0.25) is 5.10 Å². The van der Waals surface area contributed by atoms with Crippen LogP contribution in [0.3, 0.4) is 0 Å². The molecule has 0 radical (unpaired) electrons. The summed E-state index contributed by atoms with van der Waals surface area (Å²) in [5.41, 5.74) is 3.11. The Kier molecular flexibility index (Phi) is 1.86. The first-order chi connectivity index (χ1) is 7.16. The lowest BCUT2D eigenvalue weighted by Gasteiger charge is -2.34. The van der Waals surface area contributed by atoms with Crippen molar-refractivity contribution >= 4 is 0 Å². The molecule has 0 saturated heterocycles. The normalized spacial score (nSPS) is 24.7. The fourth-order valence-electron chi connectivity index (χ4n) is 2.44. The van der Waals surface area contributed by atoms with E-state index in [-0.39, 0.29) is 18.8 Å². The van der Waals surface area contributed by atoms with Gasteiger partial charge in [0, 0.05) is 49.5 Å². The van der Waals surface area contributed by atoms with Gasteiger partial charge in [-0.05, 0) is 0 Å². The maximum atomic E-state index is 12.8. The van der Waals surface area contributed by atoms with Gasteiger partial charge in [0.1, 0.15) is 0 Å². The number of nitrogens with one attached hydrogen (secondary N) is 2. The Morgan fingerprint density at radius 3 is 2.87 bits per heavy atom. The molecule has 0 bridgehead atoms. The van der Waals surface area contributed by atoms with Crippen LogP contribution in [0.25, 0.3) is 0 Å². The van der Waals surface area contributed by atoms with Gasteiger partial charge in [0.2, 0.25) is 5.92 Å². The number of halogens is 2. The first kappa shape index (κ1) is 9.27. The van der Waals surface area contributed by atoms with Crippen molar-refractivity contribution in [2.45, 2.75) is 37.6 Å². The molecule has 0 amide bonds. The predicted octanol–water partition coefficient (Wildman–Crippen LogP) is 1.57. The number of hydrogen-bond donors (Lipinski definition) is 2. The summed E-state index contributed by atoms with van der Waals surface area (Å²) in [7, 11) is 0. The quantitative estimate of drug-likeness (QED) is 0.743. The Morgan fingerprint density at radius 1 is 1.33 bits per heavy atom. The lowest BCUT2D eigenvalue weighted by molar-refractivity contribution is -0.0877. The van der Waals surface area contributed by atoms with E-state index in [2.05, 4.69) is 15.5 Å². The second-order valence-electron chi connectivity index (χ2n) is 4.45. The third-order valence-corrected chi connectivity index (χ3v) is 3.32. The molecule has 1 fully saturated rings. The van der Waals surface area contributed by atoms with Gasteiger partial charge in [0.15, 0.2) is 0 Å². The van der Waals surface area contributed by atoms with Crippen LogP contribution in [0.5, 0.6) is 0 Å². The van der Waals surface area contributed by atoms with Crippen LogP contribution in [0, 0.1) is 0 Å². The van der Waals surface area contributed by atoms with Crippen LogP contribution in [-0.4, -0.2) is 22.7 Å². The van der Waals surface area contributed by atoms with Gasteiger partial charge in [-0.2, -0.15) is 5.10 Å². The van der Waals surface area contributed by atoms with Crippen LogP contribution >= 0.6 is 0 Å². The second kappa shape index (κ2) is 3.01. The fraction of sp³-hybridized carbons (Fsp3) is 0.700. The van der Waals surface area contributed by atoms with E-state index in [1.165, 1.54) is 0 Å². The summed E-state index contributed by atoms with van der Waals surface area (Å²) in [6.07, 6.45) is 0.847. The zero-order chi connectivity index (χ0) is 10.5. The Morgan fingerprint density at radius 2 is 2.13 bits per heavy atom. The molecule has 2 N–H and O–H groups in total. The number of alkyl halides is 2. The molecule has 82 valence electrons. The second-order valence-corrected chi connectivity index (χ2v) is 4.45. The zero-order valence-electron chi connectivity index (χ0n) is 8.32. The van der Waals surface area contributed by atoms with E-state index < -0.39 is 5.92 Å². The van der Waals surface area contributed by atoms with Crippen molar-refractivity contribution in [3.63, 3.8) is 0 Å². The molecule has 3 nitrogen and oxygen atoms in total. The third kappa shape index (κ3) is 1.45. The first-order valence-corrected chi connectivity index (χ1v) is 5.30. The summed E-state index contributed by atoms with van der Waals surface area (Å²) in [5.74, 6) is -2.50. The fourth-order valence-corrected chi connectivity index (χ4v) is 2.44. The number of rotatable bonds is 1. The van der Waals surface area contributed by atoms with E-state index in [0.29, 0.717) is 0 Å². The van der Waals surface area contributed by atoms with Gasteiger partial charge >= 0.3 is 0 Å². The average molecular weight is 213 g/mol. The van der Waals surface area contributed by atoms with Gasteiger partial charge in [0.25, 0.3) is 0 Å². The smallest absolute Gasteiger partial charge is 0.249 e. The third-order valence-electron chi connectivity index (χ3n) is 3.32. The van der Waals surface area contributed by atoms with Crippen LogP contribution in [0.2, 0.25) is 0 Å². The summed E-state index contributed by atoms with van der Waals surface area (Å²) in [4.78, 5) is 0. The number of H-pyrrole nitrogens is 1. The van der Waals surface area contributed by atoms with Crippen LogP contribution in [0.1, 0.15) is 35.7 Å². The first-order valence-electron chi connectivity index (χ1n) is 5.30. The molecule has 0 spiro atoms. The summed E-state index contributed by atoms with van der Waals surface area (Å²) in [5, 5.41) is 10.4. The van der Waals surface area contributed by atoms with E-state index in [0.717, 1.165) is 36.5 Å². The largest absolute Gasteiger partial charge is 0.312 e. The highest BCUT2D eigenvalue weighted by Gasteiger charge is 2.47. The molecule has 1 aliphatic heterocycles. The molecule has 15 heavy (non-hydrogen) atoms. The Labute approximate surface area is 86.3 Å². The van der Waals surface area contributed by atoms with Gasteiger partial charge in [0.05, 0.1) is 5.69 Å². The highest BCUT2D eigenvalue weighted by Crippen LogP contribution is 2.48. The van der Waals surface area contributed by atoms with Crippen molar-refractivity contribution in [1.29, 1.82) is 0 Å². The Bertz CT molecular complexity index is 378. The summed E-state index contributed by atoms with van der Waals surface area (Å²) in [6, 6.07) is 0. The van der Waals surface area contributed by atoms with Gasteiger partial charge < -0.3 is 5.32 Å². The van der Waals surface area contributed by atoms with Gasteiger partial charge in [-0.1, -0.05) is 0 Å². The zero-order valence-corrected chi connectivity index (χ0v) is 8.32. The molecule has 0 atom stereocenters. The minimum atomic E-state index is -2.46. The minimum absolute atomic E-state index is 0.0374. The Hall–Kier alpha value is -0.970. The van der Waals surface area contributed by atoms with Crippen molar-refractivity contribution < 1.29 is 8.78 Å². The summed E-state index contributed by atoms with van der Waals surface area (Å²) >= 11 is 0. The molecule has 1 saturated carbocycles. The molecule has 0 unspecified atom stereocenters. The van der Waals surface area contributed by atoms with Crippen LogP contribution in [0.4, 0.5) is 8.78 Å². The minimum Gasteiger partial charge on any atom is -0.312 e. The van der Waals surface area contributed by atoms with Crippen LogP contribution in [0.15, 0.2) is 0 Å². The van der Waals surface area contributed by atoms with Crippen molar-refractivity contribution in [3.05, 3.63) is 17.0 Å². The number of aromatic nitrogens is 2. The highest BCUT2D eigenvalue weighted by atomic mass is 19.3. The lowest BCUT2D eigenvalue weighted by atomic mass is 9.77. The lowest BCUT2D eigenvalue weighted by Crippen LogP contribution is -2.35. The number of aromatic amines is 1. The van der Waals surface area contributed by atoms with E-state index >= 15 is 0 Å². The number of hydrogen-bond acceptors (Lipinski definition) is 2. The van der Waals surface area contributed by atoms with Crippen molar-refractivity contribution in [1.82, 2.24) is 15.5 Å². The number of nitrogens with zero attached hydrogens (tertiary/aromatic N) is 1. The molecule has 0 aromatic carbocycles. The van der Waals surface area contributed by atoms with Crippen molar-refractivity contribution in [2.75, 3.05) is 6.54 Å². The molecule has 5 heteroatoms. The van der Waals surface area contributed by atoms with Gasteiger partial charge in [-0.15, -0.1) is 0 Å². The molecule has 1 aliphatic carbocycles. The van der Waals surface area contributed by atoms with E-state index in [1.54, 1.807) is 0 Å². The van der Waals surface area contributed by atoms with Gasteiger partial charge in [-0.25, -0.2) is 8.78 Å². The maximum Gasteiger partial charge on any atom is 0.249 e. The predicted molar refractivity (Wildman–Crippen MR) is 50.9 cm³/mol. The van der Waals surface area contributed by atoms with E-state index in [4.69, 9.17) is 0 Å². The van der Waals surface area contributed by atoms with Crippen molar-refractivity contribution in [2.24, 2.45) is 0 Å². The molecule has 2 aliphatic rings. The monoisotopic (exact) mass is 213 g/mol. The molecular formula is C10H13F2N3. The van der Waals surface area contributed by atoms with E-state index in [9.17, 15) is 8.78 Å². The van der Waals surface area contributed by atoms with Crippen LogP contribution in [-0.2, 0) is 13.0 Å². The summed E-state index contributed by atoms with van der Waals surface area (Å²) < 4.78 is 25.5. The molecular weight excluding hydrogens is 200 g/mol. The average Bonchev–Trinajstić information content (AvgIpc) is 2.57. The maximum absolute atomic E-state index is 12.8. The Balaban J connectivity index is 1.84. The molecule has 1 aromatic heterocycles.